The molecule has 0 aliphatic heterocycles. The van der Waals surface area contributed by atoms with E-state index in [-0.39, 0.29) is 17.6 Å². The third kappa shape index (κ3) is 2.92. The molecule has 0 atom stereocenters. The molecule has 4 heteroatoms. The highest BCUT2D eigenvalue weighted by atomic mass is 35.5. The Kier molecular flexibility index (Phi) is 3.36. The number of rotatable bonds is 2. The molecule has 0 aliphatic rings. The van der Waals surface area contributed by atoms with E-state index in [0.29, 0.717) is 10.7 Å². The SMILES string of the molecule is CC(C)C(=O)Nc1cc(O)cc(Cl)c1. The van der Waals surface area contributed by atoms with Crippen LogP contribution in [0.5, 0.6) is 5.75 Å². The molecule has 1 aromatic rings. The lowest BCUT2D eigenvalue weighted by Crippen LogP contribution is -2.17. The van der Waals surface area contributed by atoms with Gasteiger partial charge in [-0.25, -0.2) is 0 Å². The molecule has 0 saturated carbocycles. The predicted octanol–water partition coefficient (Wildman–Crippen LogP) is 2.64. The minimum atomic E-state index is -0.105. The second-order valence-electron chi connectivity index (χ2n) is 3.34. The summed E-state index contributed by atoms with van der Waals surface area (Å²) in [6.45, 7) is 3.58. The van der Waals surface area contributed by atoms with E-state index in [1.54, 1.807) is 19.9 Å². The van der Waals surface area contributed by atoms with E-state index < -0.39 is 0 Å². The number of hydrogen-bond donors (Lipinski definition) is 2. The van der Waals surface area contributed by atoms with Crippen LogP contribution in [0.1, 0.15) is 13.8 Å². The molecule has 0 radical (unpaired) electrons. The van der Waals surface area contributed by atoms with Crippen LogP contribution >= 0.6 is 11.6 Å². The number of nitrogens with one attached hydrogen (secondary N) is 1. The fraction of sp³-hybridized carbons (Fsp3) is 0.300. The lowest BCUT2D eigenvalue weighted by molar-refractivity contribution is -0.118. The highest BCUT2D eigenvalue weighted by Crippen LogP contribution is 2.23. The Balaban J connectivity index is 2.82. The number of aromatic hydroxyl groups is 1. The van der Waals surface area contributed by atoms with Crippen molar-refractivity contribution in [2.45, 2.75) is 13.8 Å². The standard InChI is InChI=1S/C10H12ClNO2/c1-6(2)10(14)12-8-3-7(11)4-9(13)5-8/h3-6,13H,1-2H3,(H,12,14). The van der Waals surface area contributed by atoms with E-state index in [1.807, 2.05) is 0 Å². The lowest BCUT2D eigenvalue weighted by atomic mass is 10.2. The number of benzene rings is 1. The van der Waals surface area contributed by atoms with Crippen molar-refractivity contribution in [3.63, 3.8) is 0 Å². The molecule has 0 fully saturated rings. The molecule has 1 amide bonds. The molecule has 76 valence electrons. The van der Waals surface area contributed by atoms with E-state index >= 15 is 0 Å². The Hall–Kier alpha value is -1.22. The average molecular weight is 214 g/mol. The van der Waals surface area contributed by atoms with Crippen molar-refractivity contribution in [1.29, 1.82) is 0 Å². The van der Waals surface area contributed by atoms with Gasteiger partial charge in [-0.15, -0.1) is 0 Å². The van der Waals surface area contributed by atoms with Gasteiger partial charge in [0.15, 0.2) is 0 Å². The molecule has 14 heavy (non-hydrogen) atoms. The number of halogens is 1. The van der Waals surface area contributed by atoms with Crippen LogP contribution in [-0.2, 0) is 4.79 Å². The lowest BCUT2D eigenvalue weighted by Gasteiger charge is -2.08. The highest BCUT2D eigenvalue weighted by Gasteiger charge is 2.07. The summed E-state index contributed by atoms with van der Waals surface area (Å²) in [6.07, 6.45) is 0. The summed E-state index contributed by atoms with van der Waals surface area (Å²) >= 11 is 5.70. The summed E-state index contributed by atoms with van der Waals surface area (Å²) in [5, 5.41) is 12.2. The van der Waals surface area contributed by atoms with Crippen LogP contribution in [0, 0.1) is 5.92 Å². The van der Waals surface area contributed by atoms with Gasteiger partial charge in [0.25, 0.3) is 0 Å². The van der Waals surface area contributed by atoms with Crippen molar-refractivity contribution in [2.24, 2.45) is 5.92 Å². The Morgan fingerprint density at radius 3 is 2.57 bits per heavy atom. The zero-order valence-electron chi connectivity index (χ0n) is 8.04. The highest BCUT2D eigenvalue weighted by molar-refractivity contribution is 6.31. The van der Waals surface area contributed by atoms with Crippen molar-refractivity contribution in [1.82, 2.24) is 0 Å². The number of amides is 1. The maximum atomic E-state index is 11.3. The van der Waals surface area contributed by atoms with Gasteiger partial charge in [-0.2, -0.15) is 0 Å². The van der Waals surface area contributed by atoms with Crippen molar-refractivity contribution >= 4 is 23.2 Å². The first kappa shape index (κ1) is 10.9. The Morgan fingerprint density at radius 1 is 1.43 bits per heavy atom. The first-order valence-electron chi connectivity index (χ1n) is 4.29. The molecule has 0 bridgehead atoms. The number of carbonyl (C=O) groups excluding carboxylic acids is 1. The average Bonchev–Trinajstić information content (AvgIpc) is 2.01. The minimum absolute atomic E-state index is 0.0385. The van der Waals surface area contributed by atoms with Gasteiger partial charge >= 0.3 is 0 Å². The molecule has 1 aromatic carbocycles. The minimum Gasteiger partial charge on any atom is -0.508 e. The van der Waals surface area contributed by atoms with Gasteiger partial charge in [0.2, 0.25) is 5.91 Å². The van der Waals surface area contributed by atoms with Crippen molar-refractivity contribution < 1.29 is 9.90 Å². The predicted molar refractivity (Wildman–Crippen MR) is 56.6 cm³/mol. The Labute approximate surface area is 87.7 Å². The summed E-state index contributed by atoms with van der Waals surface area (Å²) in [6, 6.07) is 4.44. The molecule has 0 spiro atoms. The van der Waals surface area contributed by atoms with E-state index in [0.717, 1.165) is 0 Å². The summed E-state index contributed by atoms with van der Waals surface area (Å²) in [5.74, 6) is -0.167. The van der Waals surface area contributed by atoms with Gasteiger partial charge in [-0.1, -0.05) is 25.4 Å². The smallest absolute Gasteiger partial charge is 0.226 e. The van der Waals surface area contributed by atoms with Crippen LogP contribution in [0.15, 0.2) is 18.2 Å². The molecule has 0 unspecified atom stereocenters. The molecule has 0 aromatic heterocycles. The monoisotopic (exact) mass is 213 g/mol. The molecular weight excluding hydrogens is 202 g/mol. The molecule has 0 heterocycles. The van der Waals surface area contributed by atoms with E-state index in [9.17, 15) is 9.90 Å². The van der Waals surface area contributed by atoms with Crippen molar-refractivity contribution in [2.75, 3.05) is 5.32 Å². The second-order valence-corrected chi connectivity index (χ2v) is 3.78. The van der Waals surface area contributed by atoms with Gasteiger partial charge in [0.05, 0.1) is 0 Å². The van der Waals surface area contributed by atoms with Gasteiger partial charge < -0.3 is 10.4 Å². The third-order valence-electron chi connectivity index (χ3n) is 1.67. The fourth-order valence-electron chi connectivity index (χ4n) is 0.933. The van der Waals surface area contributed by atoms with E-state index in [4.69, 9.17) is 11.6 Å². The van der Waals surface area contributed by atoms with Crippen molar-refractivity contribution in [3.8, 4) is 5.75 Å². The molecule has 0 saturated heterocycles. The summed E-state index contributed by atoms with van der Waals surface area (Å²) in [7, 11) is 0. The molecule has 3 nitrogen and oxygen atoms in total. The number of phenols is 1. The quantitative estimate of drug-likeness (QED) is 0.794. The fourth-order valence-corrected chi connectivity index (χ4v) is 1.16. The maximum Gasteiger partial charge on any atom is 0.226 e. The van der Waals surface area contributed by atoms with Gasteiger partial charge in [0, 0.05) is 22.7 Å². The van der Waals surface area contributed by atoms with Crippen LogP contribution in [-0.4, -0.2) is 11.0 Å². The van der Waals surface area contributed by atoms with Crippen LogP contribution < -0.4 is 5.32 Å². The zero-order chi connectivity index (χ0) is 10.7. The van der Waals surface area contributed by atoms with E-state index in [1.165, 1.54) is 12.1 Å². The van der Waals surface area contributed by atoms with Crippen molar-refractivity contribution in [3.05, 3.63) is 23.2 Å². The summed E-state index contributed by atoms with van der Waals surface area (Å²) in [4.78, 5) is 11.3. The maximum absolute atomic E-state index is 11.3. The van der Waals surface area contributed by atoms with Crippen LogP contribution in [0.25, 0.3) is 0 Å². The van der Waals surface area contributed by atoms with Gasteiger partial charge in [-0.3, -0.25) is 4.79 Å². The first-order valence-corrected chi connectivity index (χ1v) is 4.67. The van der Waals surface area contributed by atoms with E-state index in [2.05, 4.69) is 5.32 Å². The largest absolute Gasteiger partial charge is 0.508 e. The summed E-state index contributed by atoms with van der Waals surface area (Å²) in [5.41, 5.74) is 0.508. The van der Waals surface area contributed by atoms with Gasteiger partial charge in [0.1, 0.15) is 5.75 Å². The van der Waals surface area contributed by atoms with Gasteiger partial charge in [-0.05, 0) is 12.1 Å². The van der Waals surface area contributed by atoms with Crippen LogP contribution in [0.4, 0.5) is 5.69 Å². The topological polar surface area (TPSA) is 49.3 Å². The summed E-state index contributed by atoms with van der Waals surface area (Å²) < 4.78 is 0. The molecule has 1 rings (SSSR count). The number of phenolic OH excluding ortho intramolecular Hbond substituents is 1. The second kappa shape index (κ2) is 4.33. The first-order chi connectivity index (χ1) is 6.49. The number of anilines is 1. The Bertz CT molecular complexity index is 330. The van der Waals surface area contributed by atoms with Crippen LogP contribution in [0.2, 0.25) is 5.02 Å². The molecular formula is C10H12ClNO2. The van der Waals surface area contributed by atoms with Crippen LogP contribution in [0.3, 0.4) is 0 Å². The molecule has 0 aliphatic carbocycles. The zero-order valence-corrected chi connectivity index (χ0v) is 8.80. The number of carbonyl (C=O) groups is 1. The normalized spacial score (nSPS) is 10.3. The Morgan fingerprint density at radius 2 is 2.07 bits per heavy atom. The third-order valence-corrected chi connectivity index (χ3v) is 1.89. The molecule has 2 N–H and O–H groups in total. The number of hydrogen-bond acceptors (Lipinski definition) is 2.